The molecule has 5 aromatic rings. The van der Waals surface area contributed by atoms with Gasteiger partial charge in [-0.2, -0.15) is 5.10 Å². The second kappa shape index (κ2) is 7.48. The highest BCUT2D eigenvalue weighted by atomic mass is 15.3. The lowest BCUT2D eigenvalue weighted by Gasteiger charge is -2.11. The Morgan fingerprint density at radius 2 is 1.97 bits per heavy atom. The van der Waals surface area contributed by atoms with E-state index in [1.54, 1.807) is 0 Å². The van der Waals surface area contributed by atoms with Crippen LogP contribution in [0.25, 0.3) is 32.9 Å². The van der Waals surface area contributed by atoms with Crippen molar-refractivity contribution in [2.75, 3.05) is 29.5 Å². The number of aromatic nitrogens is 4. The average Bonchev–Trinajstić information content (AvgIpc) is 3.42. The van der Waals surface area contributed by atoms with Crippen molar-refractivity contribution in [1.29, 1.82) is 0 Å². The van der Waals surface area contributed by atoms with Crippen LogP contribution in [0.15, 0.2) is 54.7 Å². The normalized spacial score (nSPS) is 12.7. The number of fused-ring (bicyclic) bond motifs is 3. The zero-order valence-corrected chi connectivity index (χ0v) is 18.9. The molecular weight excluding hydrogens is 410 g/mol. The summed E-state index contributed by atoms with van der Waals surface area (Å²) in [5, 5.41) is 16.9. The Bertz CT molecular complexity index is 1530. The van der Waals surface area contributed by atoms with Gasteiger partial charge in [0.15, 0.2) is 5.82 Å². The minimum Gasteiger partial charge on any atom is -0.384 e. The van der Waals surface area contributed by atoms with E-state index in [4.69, 9.17) is 5.10 Å². The van der Waals surface area contributed by atoms with E-state index in [0.717, 1.165) is 51.8 Å². The topological polar surface area (TPSA) is 79.7 Å². The van der Waals surface area contributed by atoms with E-state index in [0.29, 0.717) is 5.95 Å². The van der Waals surface area contributed by atoms with Crippen LogP contribution in [-0.4, -0.2) is 33.3 Å². The number of aryl methyl sites for hydroxylation is 2. The fourth-order valence-electron chi connectivity index (χ4n) is 4.76. The molecule has 164 valence electrons. The number of hydrogen-bond acceptors (Lipinski definition) is 6. The van der Waals surface area contributed by atoms with Gasteiger partial charge >= 0.3 is 0 Å². The molecule has 7 nitrogen and oxygen atoms in total. The van der Waals surface area contributed by atoms with E-state index in [9.17, 15) is 0 Å². The van der Waals surface area contributed by atoms with Gasteiger partial charge in [-0.3, -0.25) is 4.68 Å². The Balaban J connectivity index is 1.46. The van der Waals surface area contributed by atoms with Crippen LogP contribution in [0.5, 0.6) is 0 Å². The second-order valence-corrected chi connectivity index (χ2v) is 8.52. The van der Waals surface area contributed by atoms with Crippen molar-refractivity contribution in [3.05, 3.63) is 65.9 Å². The highest BCUT2D eigenvalue weighted by Crippen LogP contribution is 2.37. The van der Waals surface area contributed by atoms with Crippen molar-refractivity contribution >= 4 is 44.9 Å². The van der Waals surface area contributed by atoms with Gasteiger partial charge in [0, 0.05) is 54.5 Å². The zero-order chi connectivity index (χ0) is 22.5. The van der Waals surface area contributed by atoms with Crippen molar-refractivity contribution in [2.24, 2.45) is 7.05 Å². The Morgan fingerprint density at radius 3 is 2.85 bits per heavy atom. The lowest BCUT2D eigenvalue weighted by molar-refractivity contribution is 0.801. The minimum absolute atomic E-state index is 0.623. The monoisotopic (exact) mass is 435 g/mol. The molecule has 0 spiro atoms. The standard InChI is InChI=1S/C26H25N7/c1-15-4-7-20-24(23(15)17-5-8-22-18(12-17)14-29-26(27-2)31-22)33(3)32-25(20)30-19-6-9-21-16(13-19)10-11-28-21/h4-9,12-14,28H,10-11H2,1-3H3,(H,30,32)(H,27,29,31). The number of hydrogen-bond donors (Lipinski definition) is 3. The maximum atomic E-state index is 4.85. The molecule has 3 heterocycles. The van der Waals surface area contributed by atoms with Gasteiger partial charge in [-0.1, -0.05) is 12.1 Å². The molecule has 0 radical (unpaired) electrons. The first-order chi connectivity index (χ1) is 16.1. The summed E-state index contributed by atoms with van der Waals surface area (Å²) in [7, 11) is 3.83. The first-order valence-corrected chi connectivity index (χ1v) is 11.2. The Labute approximate surface area is 191 Å². The lowest BCUT2D eigenvalue weighted by atomic mass is 9.96. The molecular formula is C26H25N7. The molecule has 0 atom stereocenters. The molecule has 0 saturated heterocycles. The summed E-state index contributed by atoms with van der Waals surface area (Å²) in [6.45, 7) is 3.15. The number of benzene rings is 3. The van der Waals surface area contributed by atoms with Gasteiger partial charge in [-0.15, -0.1) is 0 Å². The van der Waals surface area contributed by atoms with E-state index in [-0.39, 0.29) is 0 Å². The van der Waals surface area contributed by atoms with Crippen LogP contribution in [0, 0.1) is 6.92 Å². The fourth-order valence-corrected chi connectivity index (χ4v) is 4.76. The van der Waals surface area contributed by atoms with E-state index in [1.807, 2.05) is 25.0 Å². The van der Waals surface area contributed by atoms with E-state index in [2.05, 4.69) is 81.4 Å². The molecule has 0 saturated carbocycles. The summed E-state index contributed by atoms with van der Waals surface area (Å²) in [5.41, 5.74) is 9.16. The molecule has 0 aliphatic carbocycles. The summed E-state index contributed by atoms with van der Waals surface area (Å²) in [6, 6.07) is 17.1. The van der Waals surface area contributed by atoms with E-state index >= 15 is 0 Å². The number of rotatable bonds is 4. The van der Waals surface area contributed by atoms with Crippen molar-refractivity contribution in [3.8, 4) is 11.1 Å². The third-order valence-corrected chi connectivity index (χ3v) is 6.38. The molecule has 2 aromatic heterocycles. The average molecular weight is 436 g/mol. The summed E-state index contributed by atoms with van der Waals surface area (Å²) >= 11 is 0. The summed E-state index contributed by atoms with van der Waals surface area (Å²) < 4.78 is 1.97. The zero-order valence-electron chi connectivity index (χ0n) is 18.9. The lowest BCUT2D eigenvalue weighted by Crippen LogP contribution is -1.97. The third kappa shape index (κ3) is 3.24. The summed E-state index contributed by atoms with van der Waals surface area (Å²) in [5.74, 6) is 1.49. The van der Waals surface area contributed by atoms with Gasteiger partial charge in [0.1, 0.15) is 0 Å². The third-order valence-electron chi connectivity index (χ3n) is 6.38. The molecule has 3 N–H and O–H groups in total. The minimum atomic E-state index is 0.623. The quantitative estimate of drug-likeness (QED) is 0.358. The van der Waals surface area contributed by atoms with Crippen molar-refractivity contribution in [2.45, 2.75) is 13.3 Å². The van der Waals surface area contributed by atoms with Crippen LogP contribution in [0.4, 0.5) is 23.1 Å². The van der Waals surface area contributed by atoms with Crippen LogP contribution in [0.2, 0.25) is 0 Å². The van der Waals surface area contributed by atoms with Crippen molar-refractivity contribution in [3.63, 3.8) is 0 Å². The largest absolute Gasteiger partial charge is 0.384 e. The molecule has 7 heteroatoms. The van der Waals surface area contributed by atoms with Gasteiger partial charge in [0.25, 0.3) is 0 Å². The van der Waals surface area contributed by atoms with Crippen LogP contribution >= 0.6 is 0 Å². The molecule has 0 unspecified atom stereocenters. The van der Waals surface area contributed by atoms with Gasteiger partial charge in [0.2, 0.25) is 5.95 Å². The van der Waals surface area contributed by atoms with Crippen LogP contribution in [-0.2, 0) is 13.5 Å². The van der Waals surface area contributed by atoms with Crippen LogP contribution in [0.1, 0.15) is 11.1 Å². The van der Waals surface area contributed by atoms with Crippen molar-refractivity contribution < 1.29 is 0 Å². The predicted octanol–water partition coefficient (Wildman–Crippen LogP) is 5.25. The molecule has 1 aliphatic heterocycles. The van der Waals surface area contributed by atoms with Gasteiger partial charge < -0.3 is 16.0 Å². The van der Waals surface area contributed by atoms with Crippen molar-refractivity contribution in [1.82, 2.24) is 19.7 Å². The second-order valence-electron chi connectivity index (χ2n) is 8.52. The highest BCUT2D eigenvalue weighted by Gasteiger charge is 2.17. The smallest absolute Gasteiger partial charge is 0.222 e. The summed E-state index contributed by atoms with van der Waals surface area (Å²) in [4.78, 5) is 8.94. The molecule has 3 aromatic carbocycles. The van der Waals surface area contributed by atoms with Crippen LogP contribution in [0.3, 0.4) is 0 Å². The van der Waals surface area contributed by atoms with Gasteiger partial charge in [-0.05, 0) is 66.4 Å². The molecule has 0 bridgehead atoms. The fraction of sp³-hybridized carbons (Fsp3) is 0.192. The Morgan fingerprint density at radius 1 is 1.06 bits per heavy atom. The Kier molecular flexibility index (Phi) is 4.43. The number of nitrogens with zero attached hydrogens (tertiary/aromatic N) is 4. The van der Waals surface area contributed by atoms with Crippen LogP contribution < -0.4 is 16.0 Å². The highest BCUT2D eigenvalue weighted by molar-refractivity contribution is 6.03. The van der Waals surface area contributed by atoms with E-state index in [1.165, 1.54) is 22.4 Å². The van der Waals surface area contributed by atoms with E-state index < -0.39 is 0 Å². The maximum absolute atomic E-state index is 4.85. The summed E-state index contributed by atoms with van der Waals surface area (Å²) in [6.07, 6.45) is 2.92. The Hall–Kier alpha value is -4.13. The van der Waals surface area contributed by atoms with Gasteiger partial charge in [-0.25, -0.2) is 9.97 Å². The van der Waals surface area contributed by atoms with Gasteiger partial charge in [0.05, 0.1) is 11.0 Å². The molecule has 6 rings (SSSR count). The maximum Gasteiger partial charge on any atom is 0.222 e. The SMILES string of the molecule is CNc1ncc2cc(-c3c(C)ccc4c(Nc5ccc6c(c5)CCN6)nn(C)c34)ccc2n1. The first kappa shape index (κ1) is 19.5. The number of nitrogens with one attached hydrogen (secondary N) is 3. The molecule has 0 fully saturated rings. The molecule has 1 aliphatic rings. The predicted molar refractivity (Wildman–Crippen MR) is 135 cm³/mol. The number of anilines is 4. The first-order valence-electron chi connectivity index (χ1n) is 11.2. The molecule has 0 amide bonds. The molecule has 33 heavy (non-hydrogen) atoms.